The quantitative estimate of drug-likeness (QED) is 0.592. The number of esters is 1. The van der Waals surface area contributed by atoms with Gasteiger partial charge in [-0.2, -0.15) is 4.31 Å². The molecule has 0 aromatic heterocycles. The van der Waals surface area contributed by atoms with E-state index in [4.69, 9.17) is 14.2 Å². The van der Waals surface area contributed by atoms with Gasteiger partial charge in [-0.3, -0.25) is 4.79 Å². The molecule has 2 aliphatic rings. The second kappa shape index (κ2) is 9.98. The van der Waals surface area contributed by atoms with E-state index in [9.17, 15) is 22.4 Å². The van der Waals surface area contributed by atoms with Gasteiger partial charge in [0.15, 0.2) is 17.6 Å². The number of halogens is 1. The molecule has 0 bridgehead atoms. The third-order valence-electron chi connectivity index (χ3n) is 5.66. The molecular weight excluding hydrogens is 467 g/mol. The summed E-state index contributed by atoms with van der Waals surface area (Å²) in [4.78, 5) is 24.4. The van der Waals surface area contributed by atoms with Gasteiger partial charge in [0, 0.05) is 19.6 Å². The molecule has 11 heteroatoms. The Hall–Kier alpha value is -3.18. The number of benzene rings is 2. The molecule has 0 spiro atoms. The number of rotatable bonds is 7. The average molecular weight is 493 g/mol. The Kier molecular flexibility index (Phi) is 7.03. The molecule has 1 atom stereocenters. The SMILES string of the molecule is C[C@H](OC(=O)c1ccc(F)c(S(=O)(=O)N2CCCCC2)c1)C(=O)NCc1ccc2c(c1)OCO2. The van der Waals surface area contributed by atoms with Gasteiger partial charge in [-0.25, -0.2) is 17.6 Å². The lowest BCUT2D eigenvalue weighted by Gasteiger charge is -2.26. The van der Waals surface area contributed by atoms with Crippen LogP contribution in [0.15, 0.2) is 41.3 Å². The smallest absolute Gasteiger partial charge is 0.338 e. The normalized spacial score (nSPS) is 16.6. The highest BCUT2D eigenvalue weighted by Gasteiger charge is 2.30. The number of ether oxygens (including phenoxy) is 3. The number of nitrogens with zero attached hydrogens (tertiary/aromatic N) is 1. The van der Waals surface area contributed by atoms with Crippen molar-refractivity contribution in [2.75, 3.05) is 19.9 Å². The number of hydrogen-bond donors (Lipinski definition) is 1. The molecule has 0 radical (unpaired) electrons. The molecule has 1 saturated heterocycles. The van der Waals surface area contributed by atoms with Gasteiger partial charge in [0.1, 0.15) is 10.7 Å². The summed E-state index contributed by atoms with van der Waals surface area (Å²) in [6.07, 6.45) is 1.15. The second-order valence-corrected chi connectivity index (χ2v) is 9.97. The van der Waals surface area contributed by atoms with Gasteiger partial charge < -0.3 is 19.5 Å². The van der Waals surface area contributed by atoms with Crippen molar-refractivity contribution in [1.82, 2.24) is 9.62 Å². The van der Waals surface area contributed by atoms with Gasteiger partial charge in [-0.15, -0.1) is 0 Å². The third-order valence-corrected chi connectivity index (χ3v) is 7.57. The molecule has 182 valence electrons. The molecule has 1 amide bonds. The minimum Gasteiger partial charge on any atom is -0.454 e. The van der Waals surface area contributed by atoms with E-state index in [1.54, 1.807) is 18.2 Å². The zero-order valence-corrected chi connectivity index (χ0v) is 19.4. The first-order chi connectivity index (χ1) is 16.3. The van der Waals surface area contributed by atoms with Crippen LogP contribution in [0.5, 0.6) is 11.5 Å². The van der Waals surface area contributed by atoms with Gasteiger partial charge >= 0.3 is 5.97 Å². The molecule has 2 aromatic carbocycles. The van der Waals surface area contributed by atoms with Crippen LogP contribution < -0.4 is 14.8 Å². The fourth-order valence-corrected chi connectivity index (χ4v) is 5.35. The highest BCUT2D eigenvalue weighted by molar-refractivity contribution is 7.89. The fourth-order valence-electron chi connectivity index (χ4n) is 3.74. The van der Waals surface area contributed by atoms with Crippen LogP contribution in [0, 0.1) is 5.82 Å². The number of piperidine rings is 1. The van der Waals surface area contributed by atoms with Crippen LogP contribution in [0.25, 0.3) is 0 Å². The fraction of sp³-hybridized carbons (Fsp3) is 0.391. The van der Waals surface area contributed by atoms with E-state index in [2.05, 4.69) is 5.32 Å². The number of sulfonamides is 1. The minimum atomic E-state index is -4.09. The maximum atomic E-state index is 14.4. The van der Waals surface area contributed by atoms with E-state index >= 15 is 0 Å². The summed E-state index contributed by atoms with van der Waals surface area (Å²) in [6, 6.07) is 8.24. The largest absolute Gasteiger partial charge is 0.454 e. The zero-order chi connectivity index (χ0) is 24.3. The summed E-state index contributed by atoms with van der Waals surface area (Å²) < 4.78 is 57.0. The van der Waals surface area contributed by atoms with E-state index in [-0.39, 0.29) is 18.9 Å². The van der Waals surface area contributed by atoms with Crippen molar-refractivity contribution in [2.24, 2.45) is 0 Å². The third kappa shape index (κ3) is 5.15. The van der Waals surface area contributed by atoms with Crippen LogP contribution >= 0.6 is 0 Å². The van der Waals surface area contributed by atoms with Crippen molar-refractivity contribution >= 4 is 21.9 Å². The molecule has 2 heterocycles. The van der Waals surface area contributed by atoms with Gasteiger partial charge in [0.25, 0.3) is 5.91 Å². The van der Waals surface area contributed by atoms with Crippen LogP contribution in [0.3, 0.4) is 0 Å². The Balaban J connectivity index is 1.38. The topological polar surface area (TPSA) is 111 Å². The first-order valence-corrected chi connectivity index (χ1v) is 12.4. The van der Waals surface area contributed by atoms with Gasteiger partial charge in [0.05, 0.1) is 5.56 Å². The number of nitrogens with one attached hydrogen (secondary N) is 1. The summed E-state index contributed by atoms with van der Waals surface area (Å²) in [6.45, 7) is 2.31. The van der Waals surface area contributed by atoms with Crippen molar-refractivity contribution in [1.29, 1.82) is 0 Å². The number of carbonyl (C=O) groups is 2. The van der Waals surface area contributed by atoms with Gasteiger partial charge in [0.2, 0.25) is 16.8 Å². The van der Waals surface area contributed by atoms with E-state index in [1.807, 2.05) is 0 Å². The molecule has 0 aliphatic carbocycles. The molecule has 2 aliphatic heterocycles. The Bertz CT molecular complexity index is 1200. The first-order valence-electron chi connectivity index (χ1n) is 10.9. The number of carbonyl (C=O) groups excluding carboxylic acids is 2. The van der Waals surface area contributed by atoms with E-state index in [1.165, 1.54) is 11.2 Å². The summed E-state index contributed by atoms with van der Waals surface area (Å²) in [5.74, 6) is -1.22. The molecule has 1 fully saturated rings. The second-order valence-electron chi connectivity index (χ2n) is 8.06. The molecule has 0 saturated carbocycles. The predicted molar refractivity (Wildman–Crippen MR) is 118 cm³/mol. The Morgan fingerprint density at radius 3 is 2.59 bits per heavy atom. The predicted octanol–water partition coefficient (Wildman–Crippen LogP) is 2.59. The van der Waals surface area contributed by atoms with Crippen LogP contribution in [-0.4, -0.2) is 50.6 Å². The summed E-state index contributed by atoms with van der Waals surface area (Å²) in [5.41, 5.74) is 0.606. The molecule has 0 unspecified atom stereocenters. The van der Waals surface area contributed by atoms with Crippen molar-refractivity contribution in [3.8, 4) is 11.5 Å². The molecule has 1 N–H and O–H groups in total. The molecule has 4 rings (SSSR count). The monoisotopic (exact) mass is 492 g/mol. The van der Waals surface area contributed by atoms with Crippen molar-refractivity contribution in [3.05, 3.63) is 53.3 Å². The van der Waals surface area contributed by atoms with Crippen LogP contribution in [-0.2, 0) is 26.1 Å². The standard InChI is InChI=1S/C23H25FN2O7S/c1-15(22(27)25-13-16-5-8-19-20(11-16)32-14-31-19)33-23(28)17-6-7-18(24)21(12-17)34(29,30)26-9-3-2-4-10-26/h5-8,11-12,15H,2-4,9-10,13-14H2,1H3,(H,25,27)/t15-/m0/s1. The molecular formula is C23H25FN2O7S. The average Bonchev–Trinajstić information content (AvgIpc) is 3.31. The Labute approximate surface area is 196 Å². The van der Waals surface area contributed by atoms with Crippen LogP contribution in [0.1, 0.15) is 42.1 Å². The van der Waals surface area contributed by atoms with E-state index in [0.29, 0.717) is 37.4 Å². The highest BCUT2D eigenvalue weighted by Crippen LogP contribution is 2.32. The van der Waals surface area contributed by atoms with Crippen molar-refractivity contribution in [2.45, 2.75) is 43.7 Å². The lowest BCUT2D eigenvalue weighted by atomic mass is 10.2. The Morgan fingerprint density at radius 2 is 1.82 bits per heavy atom. The maximum Gasteiger partial charge on any atom is 0.338 e. The van der Waals surface area contributed by atoms with E-state index in [0.717, 1.165) is 30.2 Å². The lowest BCUT2D eigenvalue weighted by Crippen LogP contribution is -2.36. The van der Waals surface area contributed by atoms with E-state index < -0.39 is 38.7 Å². The van der Waals surface area contributed by atoms with Crippen molar-refractivity contribution < 1.29 is 36.6 Å². The minimum absolute atomic E-state index is 0.141. The number of hydrogen-bond acceptors (Lipinski definition) is 7. The number of fused-ring (bicyclic) bond motifs is 1. The van der Waals surface area contributed by atoms with Gasteiger partial charge in [-0.05, 0) is 55.7 Å². The van der Waals surface area contributed by atoms with Crippen LogP contribution in [0.4, 0.5) is 4.39 Å². The molecule has 34 heavy (non-hydrogen) atoms. The summed E-state index contributed by atoms with van der Waals surface area (Å²) in [7, 11) is -4.09. The summed E-state index contributed by atoms with van der Waals surface area (Å²) in [5, 5.41) is 2.66. The van der Waals surface area contributed by atoms with Crippen LogP contribution in [0.2, 0.25) is 0 Å². The first kappa shape index (κ1) is 24.0. The highest BCUT2D eigenvalue weighted by atomic mass is 32.2. The van der Waals surface area contributed by atoms with Crippen molar-refractivity contribution in [3.63, 3.8) is 0 Å². The molecule has 2 aromatic rings. The lowest BCUT2D eigenvalue weighted by molar-refractivity contribution is -0.129. The maximum absolute atomic E-state index is 14.4. The summed E-state index contributed by atoms with van der Waals surface area (Å²) >= 11 is 0. The zero-order valence-electron chi connectivity index (χ0n) is 18.6. The van der Waals surface area contributed by atoms with Gasteiger partial charge in [-0.1, -0.05) is 12.5 Å². The number of amides is 1. The molecule has 9 nitrogen and oxygen atoms in total. The Morgan fingerprint density at radius 1 is 1.09 bits per heavy atom.